The molecule has 16 heavy (non-hydrogen) atoms. The molecule has 1 unspecified atom stereocenters. The Morgan fingerprint density at radius 3 is 2.81 bits per heavy atom. The monoisotopic (exact) mass is 222 g/mol. The molecule has 2 aliphatic heterocycles. The van der Waals surface area contributed by atoms with Crippen LogP contribution in [0.2, 0.25) is 0 Å². The molecule has 2 aliphatic rings. The van der Waals surface area contributed by atoms with Crippen LogP contribution in [0.25, 0.3) is 0 Å². The fourth-order valence-corrected chi connectivity index (χ4v) is 2.46. The maximum Gasteiger partial charge on any atom is 0.131 e. The van der Waals surface area contributed by atoms with Crippen molar-refractivity contribution >= 4 is 0 Å². The van der Waals surface area contributed by atoms with Crippen molar-refractivity contribution in [2.24, 2.45) is 11.8 Å². The lowest BCUT2D eigenvalue weighted by Gasteiger charge is -2.32. The highest BCUT2D eigenvalue weighted by molar-refractivity contribution is 5.13. The molecule has 88 valence electrons. The Kier molecular flexibility index (Phi) is 3.84. The van der Waals surface area contributed by atoms with Crippen molar-refractivity contribution in [1.29, 1.82) is 0 Å². The van der Waals surface area contributed by atoms with Crippen molar-refractivity contribution in [2.45, 2.75) is 19.3 Å². The lowest BCUT2D eigenvalue weighted by Crippen LogP contribution is -2.36. The molecule has 2 heterocycles. The highest BCUT2D eigenvalue weighted by Gasteiger charge is 2.22. The summed E-state index contributed by atoms with van der Waals surface area (Å²) in [6, 6.07) is 0. The van der Waals surface area contributed by atoms with E-state index in [-0.39, 0.29) is 11.7 Å². The van der Waals surface area contributed by atoms with Gasteiger partial charge in [-0.05, 0) is 38.3 Å². The number of allylic oxidation sites excluding steroid dienone is 1. The molecule has 1 N–H and O–H groups in total. The highest BCUT2D eigenvalue weighted by atomic mass is 19.1. The van der Waals surface area contributed by atoms with E-state index in [0.717, 1.165) is 32.6 Å². The summed E-state index contributed by atoms with van der Waals surface area (Å²) in [5.74, 6) is 2.78. The summed E-state index contributed by atoms with van der Waals surface area (Å²) in [4.78, 5) is 2.10. The lowest BCUT2D eigenvalue weighted by molar-refractivity contribution is 0.234. The minimum Gasteiger partial charge on any atom is -0.375 e. The molecule has 1 saturated heterocycles. The predicted molar refractivity (Wildman–Crippen MR) is 63.3 cm³/mol. The van der Waals surface area contributed by atoms with Crippen LogP contribution in [0.1, 0.15) is 19.3 Å². The lowest BCUT2D eigenvalue weighted by atomic mass is 9.96. The second-order valence-electron chi connectivity index (χ2n) is 4.71. The van der Waals surface area contributed by atoms with E-state index in [1.807, 2.05) is 0 Å². The number of terminal acetylenes is 1. The molecule has 0 saturated carbocycles. The normalized spacial score (nSPS) is 27.4. The van der Waals surface area contributed by atoms with Gasteiger partial charge in [0.25, 0.3) is 0 Å². The summed E-state index contributed by atoms with van der Waals surface area (Å²) in [5, 5.41) is 3.34. The maximum absolute atomic E-state index is 13.5. The van der Waals surface area contributed by atoms with Gasteiger partial charge in [-0.15, -0.1) is 6.42 Å². The summed E-state index contributed by atoms with van der Waals surface area (Å²) < 4.78 is 13.5. The molecule has 1 fully saturated rings. The fraction of sp³-hybridized carbons (Fsp3) is 0.692. The van der Waals surface area contributed by atoms with Crippen LogP contribution in [0.5, 0.6) is 0 Å². The van der Waals surface area contributed by atoms with Crippen LogP contribution in [0.15, 0.2) is 12.0 Å². The molecule has 0 aromatic heterocycles. The number of hydrogen-bond acceptors (Lipinski definition) is 2. The Morgan fingerprint density at radius 1 is 1.44 bits per heavy atom. The van der Waals surface area contributed by atoms with Gasteiger partial charge in [0, 0.05) is 19.3 Å². The first kappa shape index (κ1) is 11.5. The van der Waals surface area contributed by atoms with Crippen LogP contribution in [-0.2, 0) is 0 Å². The van der Waals surface area contributed by atoms with E-state index in [1.165, 1.54) is 12.8 Å². The van der Waals surface area contributed by atoms with Crippen LogP contribution >= 0.6 is 0 Å². The fourth-order valence-electron chi connectivity index (χ4n) is 2.46. The molecule has 2 nitrogen and oxygen atoms in total. The average Bonchev–Trinajstić information content (AvgIpc) is 2.31. The van der Waals surface area contributed by atoms with E-state index in [0.29, 0.717) is 5.92 Å². The van der Waals surface area contributed by atoms with Crippen molar-refractivity contribution in [1.82, 2.24) is 10.2 Å². The van der Waals surface area contributed by atoms with E-state index in [9.17, 15) is 4.39 Å². The van der Waals surface area contributed by atoms with Crippen molar-refractivity contribution in [3.63, 3.8) is 0 Å². The molecular formula is C13H19FN2. The summed E-state index contributed by atoms with van der Waals surface area (Å²) in [5.41, 5.74) is 0. The number of rotatable bonds is 2. The second kappa shape index (κ2) is 5.36. The van der Waals surface area contributed by atoms with Gasteiger partial charge in [-0.1, -0.05) is 5.92 Å². The molecule has 0 aromatic carbocycles. The summed E-state index contributed by atoms with van der Waals surface area (Å²) >= 11 is 0. The Bertz CT molecular complexity index is 300. The number of nitrogens with one attached hydrogen (secondary N) is 1. The van der Waals surface area contributed by atoms with Gasteiger partial charge >= 0.3 is 0 Å². The number of hydrogen-bond donors (Lipinski definition) is 1. The first-order valence-electron chi connectivity index (χ1n) is 6.07. The first-order valence-corrected chi connectivity index (χ1v) is 6.07. The standard InChI is InChI=1S/C13H19FN2/c1-2-12-5-8-16(10-13(12)14)9-11-3-6-15-7-4-11/h1,10-12,15H,3-9H2. The van der Waals surface area contributed by atoms with E-state index in [2.05, 4.69) is 16.1 Å². The highest BCUT2D eigenvalue weighted by Crippen LogP contribution is 2.24. The quantitative estimate of drug-likeness (QED) is 0.716. The van der Waals surface area contributed by atoms with E-state index in [1.54, 1.807) is 6.20 Å². The zero-order chi connectivity index (χ0) is 11.4. The maximum atomic E-state index is 13.5. The average molecular weight is 222 g/mol. The predicted octanol–water partition coefficient (Wildman–Crippen LogP) is 1.75. The Morgan fingerprint density at radius 2 is 2.19 bits per heavy atom. The molecule has 2 rings (SSSR count). The third-order valence-corrected chi connectivity index (χ3v) is 3.50. The molecule has 0 amide bonds. The van der Waals surface area contributed by atoms with E-state index in [4.69, 9.17) is 6.42 Å². The Hall–Kier alpha value is -1.01. The minimum absolute atomic E-state index is 0.136. The van der Waals surface area contributed by atoms with Gasteiger partial charge in [-0.2, -0.15) is 0 Å². The van der Waals surface area contributed by atoms with Crippen LogP contribution < -0.4 is 5.32 Å². The van der Waals surface area contributed by atoms with Crippen molar-refractivity contribution in [3.8, 4) is 12.3 Å². The minimum atomic E-state index is -0.288. The van der Waals surface area contributed by atoms with Crippen LogP contribution in [0.3, 0.4) is 0 Å². The Balaban J connectivity index is 1.87. The number of nitrogens with zero attached hydrogens (tertiary/aromatic N) is 1. The number of piperidine rings is 1. The van der Waals surface area contributed by atoms with E-state index < -0.39 is 0 Å². The van der Waals surface area contributed by atoms with Crippen LogP contribution in [0, 0.1) is 24.2 Å². The van der Waals surface area contributed by atoms with Gasteiger partial charge in [0.15, 0.2) is 0 Å². The van der Waals surface area contributed by atoms with Crippen LogP contribution in [0.4, 0.5) is 4.39 Å². The van der Waals surface area contributed by atoms with Crippen LogP contribution in [-0.4, -0.2) is 31.1 Å². The van der Waals surface area contributed by atoms with Crippen molar-refractivity contribution in [2.75, 3.05) is 26.2 Å². The second-order valence-corrected chi connectivity index (χ2v) is 4.71. The number of halogens is 1. The zero-order valence-corrected chi connectivity index (χ0v) is 9.58. The molecule has 0 spiro atoms. The molecule has 1 atom stereocenters. The summed E-state index contributed by atoms with van der Waals surface area (Å²) in [6.07, 6.45) is 10.0. The molecular weight excluding hydrogens is 203 g/mol. The third-order valence-electron chi connectivity index (χ3n) is 3.50. The third kappa shape index (κ3) is 2.76. The first-order chi connectivity index (χ1) is 7.79. The topological polar surface area (TPSA) is 15.3 Å². The van der Waals surface area contributed by atoms with Gasteiger partial charge in [0.05, 0.1) is 5.92 Å². The smallest absolute Gasteiger partial charge is 0.131 e. The van der Waals surface area contributed by atoms with Gasteiger partial charge in [0.2, 0.25) is 0 Å². The zero-order valence-electron chi connectivity index (χ0n) is 9.58. The largest absolute Gasteiger partial charge is 0.375 e. The molecule has 0 aliphatic carbocycles. The SMILES string of the molecule is C#CC1CCN(CC2CCNCC2)C=C1F. The van der Waals surface area contributed by atoms with Crippen molar-refractivity contribution < 1.29 is 4.39 Å². The van der Waals surface area contributed by atoms with E-state index >= 15 is 0 Å². The van der Waals surface area contributed by atoms with Gasteiger partial charge in [-0.3, -0.25) is 0 Å². The summed E-state index contributed by atoms with van der Waals surface area (Å²) in [6.45, 7) is 4.06. The molecule has 0 bridgehead atoms. The van der Waals surface area contributed by atoms with Gasteiger partial charge in [0.1, 0.15) is 5.83 Å². The molecule has 0 aromatic rings. The van der Waals surface area contributed by atoms with Gasteiger partial charge in [-0.25, -0.2) is 4.39 Å². The summed E-state index contributed by atoms with van der Waals surface area (Å²) in [7, 11) is 0. The Labute approximate surface area is 96.9 Å². The molecule has 3 heteroatoms. The van der Waals surface area contributed by atoms with Crippen molar-refractivity contribution in [3.05, 3.63) is 12.0 Å². The van der Waals surface area contributed by atoms with Gasteiger partial charge < -0.3 is 10.2 Å². The molecule has 0 radical (unpaired) electrons.